The number of nitrogens with one attached hydrogen (secondary N) is 1. The molecule has 0 aliphatic carbocycles. The lowest BCUT2D eigenvalue weighted by molar-refractivity contribution is 0.729. The Balaban J connectivity index is 1.79. The number of para-hydroxylation sites is 1. The molecule has 0 radical (unpaired) electrons. The fourth-order valence-corrected chi connectivity index (χ4v) is 4.74. The number of amidine groups is 1. The molecule has 0 fully saturated rings. The smallest absolute Gasteiger partial charge is 0.298 e. The second kappa shape index (κ2) is 8.43. The molecule has 5 aromatic rings. The highest BCUT2D eigenvalue weighted by molar-refractivity contribution is 6.24. The molecule has 1 N–H and O–H groups in total. The van der Waals surface area contributed by atoms with Gasteiger partial charge in [-0.05, 0) is 24.3 Å². The summed E-state index contributed by atoms with van der Waals surface area (Å²) in [6, 6.07) is 41.8. The summed E-state index contributed by atoms with van der Waals surface area (Å²) < 4.78 is 0.256. The molecule has 4 heteroatoms. The molecule has 4 aromatic carbocycles. The van der Waals surface area contributed by atoms with Crippen molar-refractivity contribution < 1.29 is 0 Å². The van der Waals surface area contributed by atoms with Gasteiger partial charge in [-0.1, -0.05) is 84.9 Å². The van der Waals surface area contributed by atoms with E-state index in [4.69, 9.17) is 9.98 Å². The predicted molar refractivity (Wildman–Crippen MR) is 139 cm³/mol. The summed E-state index contributed by atoms with van der Waals surface area (Å²) in [7, 11) is 0. The molecule has 1 aliphatic rings. The number of imidazole rings is 1. The van der Waals surface area contributed by atoms with E-state index in [1.807, 2.05) is 36.7 Å². The third-order valence-corrected chi connectivity index (χ3v) is 6.17. The van der Waals surface area contributed by atoms with E-state index in [0.29, 0.717) is 0 Å². The molecule has 2 heterocycles. The van der Waals surface area contributed by atoms with Crippen LogP contribution in [0.25, 0.3) is 11.4 Å². The van der Waals surface area contributed by atoms with Gasteiger partial charge in [-0.3, -0.25) is 4.98 Å². The van der Waals surface area contributed by atoms with Crippen LogP contribution in [0.4, 0.5) is 11.6 Å². The monoisotopic (exact) mass is 439 g/mol. The van der Waals surface area contributed by atoms with Gasteiger partial charge >= 0.3 is 5.95 Å². The van der Waals surface area contributed by atoms with Crippen molar-refractivity contribution in [1.82, 2.24) is 14.5 Å². The molecule has 1 unspecified atom stereocenters. The van der Waals surface area contributed by atoms with Crippen LogP contribution in [-0.2, 0) is 0 Å². The minimum atomic E-state index is 0.256. The van der Waals surface area contributed by atoms with Crippen molar-refractivity contribution in [2.75, 3.05) is 0 Å². The van der Waals surface area contributed by atoms with E-state index in [0.717, 1.165) is 45.6 Å². The lowest BCUT2D eigenvalue weighted by Crippen LogP contribution is -2.47. The van der Waals surface area contributed by atoms with Gasteiger partial charge in [0.25, 0.3) is 5.84 Å². The van der Waals surface area contributed by atoms with E-state index in [1.165, 1.54) is 0 Å². The number of quaternary nitrogens is 1. The van der Waals surface area contributed by atoms with Gasteiger partial charge in [0.15, 0.2) is 11.4 Å². The normalized spacial score (nSPS) is 17.6. The largest absolute Gasteiger partial charge is 0.323 e. The molecular weight excluding hydrogens is 416 g/mol. The maximum atomic E-state index is 5.38. The van der Waals surface area contributed by atoms with Crippen LogP contribution in [0.3, 0.4) is 0 Å². The van der Waals surface area contributed by atoms with Crippen LogP contribution in [0.5, 0.6) is 0 Å². The number of aromatic nitrogens is 2. The zero-order chi connectivity index (χ0) is 22.8. The minimum Gasteiger partial charge on any atom is -0.298 e. The summed E-state index contributed by atoms with van der Waals surface area (Å²) in [5.74, 6) is 1.69. The standard InChI is InChI=1S/C30H23N4/c1-5-13-23(14-6-1)27-28(24-15-7-2-8-16-24)34(30-31-21-22-32-30,26-19-11-4-12-20-26)29(33-27)25-17-9-3-10-18-25/h1-22H,(H,31,32)/q+1. The minimum absolute atomic E-state index is 0.256. The Morgan fingerprint density at radius 3 is 1.65 bits per heavy atom. The SMILES string of the molecule is c1ccc(C2=NC(c3ccccc3)=C(c3ccccc3)[N+]2(c2ccccc2)c2ncc[nH]2)cc1. The summed E-state index contributed by atoms with van der Waals surface area (Å²) in [5.41, 5.74) is 6.26. The average molecular weight is 440 g/mol. The van der Waals surface area contributed by atoms with Gasteiger partial charge in [0.05, 0.1) is 11.8 Å². The Labute approximate surface area is 198 Å². The van der Waals surface area contributed by atoms with Gasteiger partial charge in [0.2, 0.25) is 0 Å². The first kappa shape index (κ1) is 20.1. The van der Waals surface area contributed by atoms with Crippen LogP contribution in [-0.4, -0.2) is 15.8 Å². The van der Waals surface area contributed by atoms with Crippen LogP contribution in [0.15, 0.2) is 139 Å². The molecule has 162 valence electrons. The van der Waals surface area contributed by atoms with Crippen LogP contribution >= 0.6 is 0 Å². The van der Waals surface area contributed by atoms with Gasteiger partial charge in [-0.2, -0.15) is 9.98 Å². The lowest BCUT2D eigenvalue weighted by Gasteiger charge is -2.33. The van der Waals surface area contributed by atoms with Crippen molar-refractivity contribution in [3.05, 3.63) is 150 Å². The Morgan fingerprint density at radius 2 is 1.09 bits per heavy atom. The van der Waals surface area contributed by atoms with E-state index >= 15 is 0 Å². The van der Waals surface area contributed by atoms with E-state index in [-0.39, 0.29) is 4.48 Å². The number of aliphatic imine (C=N–C) groups is 1. The number of benzene rings is 4. The second-order valence-electron chi connectivity index (χ2n) is 8.15. The molecular formula is C30H23N4+. The summed E-state index contributed by atoms with van der Waals surface area (Å²) >= 11 is 0. The van der Waals surface area contributed by atoms with Crippen molar-refractivity contribution in [3.63, 3.8) is 0 Å². The molecule has 1 aromatic heterocycles. The molecule has 4 nitrogen and oxygen atoms in total. The average Bonchev–Trinajstić information content (AvgIpc) is 3.58. The zero-order valence-electron chi connectivity index (χ0n) is 18.5. The first-order chi connectivity index (χ1) is 16.9. The van der Waals surface area contributed by atoms with E-state index in [1.54, 1.807) is 0 Å². The van der Waals surface area contributed by atoms with Gasteiger partial charge < -0.3 is 0 Å². The second-order valence-corrected chi connectivity index (χ2v) is 8.15. The highest BCUT2D eigenvalue weighted by Crippen LogP contribution is 2.51. The number of hydrogen-bond donors (Lipinski definition) is 1. The topological polar surface area (TPSA) is 41.0 Å². The highest BCUT2D eigenvalue weighted by Gasteiger charge is 2.53. The Kier molecular flexibility index (Phi) is 4.98. The first-order valence-corrected chi connectivity index (χ1v) is 11.3. The van der Waals surface area contributed by atoms with Crippen molar-refractivity contribution in [3.8, 4) is 0 Å². The fraction of sp³-hybridized carbons (Fsp3) is 0. The fourth-order valence-electron chi connectivity index (χ4n) is 4.74. The summed E-state index contributed by atoms with van der Waals surface area (Å²) in [6.45, 7) is 0. The Morgan fingerprint density at radius 1 is 0.559 bits per heavy atom. The van der Waals surface area contributed by atoms with Crippen LogP contribution in [0, 0.1) is 0 Å². The van der Waals surface area contributed by atoms with Gasteiger partial charge in [0, 0.05) is 29.5 Å². The zero-order valence-corrected chi connectivity index (χ0v) is 18.5. The predicted octanol–water partition coefficient (Wildman–Crippen LogP) is 7.04. The van der Waals surface area contributed by atoms with E-state index in [9.17, 15) is 0 Å². The molecule has 34 heavy (non-hydrogen) atoms. The van der Waals surface area contributed by atoms with Gasteiger partial charge in [0.1, 0.15) is 5.70 Å². The molecule has 6 rings (SSSR count). The van der Waals surface area contributed by atoms with Crippen molar-refractivity contribution in [2.45, 2.75) is 0 Å². The number of hydrogen-bond acceptors (Lipinski definition) is 2. The summed E-state index contributed by atoms with van der Waals surface area (Å²) in [6.07, 6.45) is 3.69. The summed E-state index contributed by atoms with van der Waals surface area (Å²) in [4.78, 5) is 13.6. The third kappa shape index (κ3) is 3.12. The maximum absolute atomic E-state index is 5.38. The van der Waals surface area contributed by atoms with Crippen LogP contribution < -0.4 is 4.48 Å². The molecule has 0 spiro atoms. The first-order valence-electron chi connectivity index (χ1n) is 11.3. The molecule has 1 atom stereocenters. The van der Waals surface area contributed by atoms with Crippen LogP contribution in [0.1, 0.15) is 16.7 Å². The van der Waals surface area contributed by atoms with Crippen molar-refractivity contribution in [2.24, 2.45) is 4.99 Å². The third-order valence-electron chi connectivity index (χ3n) is 6.17. The highest BCUT2D eigenvalue weighted by atomic mass is 15.5. The number of nitrogens with zero attached hydrogens (tertiary/aromatic N) is 3. The molecule has 0 saturated heterocycles. The van der Waals surface area contributed by atoms with Crippen molar-refractivity contribution in [1.29, 1.82) is 0 Å². The Bertz CT molecular complexity index is 1460. The summed E-state index contributed by atoms with van der Waals surface area (Å²) in [5, 5.41) is 0. The molecule has 0 bridgehead atoms. The molecule has 1 aliphatic heterocycles. The number of H-pyrrole nitrogens is 1. The van der Waals surface area contributed by atoms with E-state index in [2.05, 4.69) is 102 Å². The van der Waals surface area contributed by atoms with Gasteiger partial charge in [-0.15, -0.1) is 4.48 Å². The van der Waals surface area contributed by atoms with Crippen LogP contribution in [0.2, 0.25) is 0 Å². The van der Waals surface area contributed by atoms with E-state index < -0.39 is 0 Å². The molecule has 0 saturated carbocycles. The molecule has 0 amide bonds. The van der Waals surface area contributed by atoms with Crippen molar-refractivity contribution >= 4 is 28.9 Å². The Hall–Kier alpha value is -4.54. The quantitative estimate of drug-likeness (QED) is 0.293. The van der Waals surface area contributed by atoms with Gasteiger partial charge in [-0.25, -0.2) is 0 Å². The number of rotatable bonds is 5. The lowest BCUT2D eigenvalue weighted by atomic mass is 10.0. The maximum Gasteiger partial charge on any atom is 0.323 e. The number of aromatic amines is 1.